The second-order valence-corrected chi connectivity index (χ2v) is 5.42. The molecule has 4 heteroatoms. The highest BCUT2D eigenvalue weighted by Crippen LogP contribution is 2.38. The van der Waals surface area contributed by atoms with E-state index in [-0.39, 0.29) is 12.0 Å². The van der Waals surface area contributed by atoms with Gasteiger partial charge in [0.15, 0.2) is 0 Å². The van der Waals surface area contributed by atoms with Gasteiger partial charge in [-0.15, -0.1) is 0 Å². The second kappa shape index (κ2) is 6.06. The first kappa shape index (κ1) is 13.8. The number of pyridine rings is 1. The van der Waals surface area contributed by atoms with Crippen molar-refractivity contribution < 1.29 is 9.90 Å². The molecule has 108 valence electrons. The van der Waals surface area contributed by atoms with Gasteiger partial charge in [-0.05, 0) is 23.6 Å². The summed E-state index contributed by atoms with van der Waals surface area (Å²) in [6, 6.07) is 13.8. The normalized spacial score (nSPS) is 22.3. The Morgan fingerprint density at radius 3 is 2.71 bits per heavy atom. The molecule has 0 radical (unpaired) electrons. The van der Waals surface area contributed by atoms with E-state index >= 15 is 0 Å². The molecule has 1 aromatic carbocycles. The number of benzene rings is 1. The van der Waals surface area contributed by atoms with Crippen LogP contribution in [0.1, 0.15) is 23.6 Å². The standard InChI is InChI=1S/C17H18N2O2/c20-17(21)15-8-10-19(12-13-5-4-9-18-11-13)16(15)14-6-2-1-3-7-14/h1-7,9,11,15-16H,8,10,12H2,(H,20,21)/t15-,16-/m1/s1. The Kier molecular flexibility index (Phi) is 3.97. The van der Waals surface area contributed by atoms with Crippen LogP contribution in [0.2, 0.25) is 0 Å². The summed E-state index contributed by atoms with van der Waals surface area (Å²) in [5.74, 6) is -1.05. The third-order valence-electron chi connectivity index (χ3n) is 4.07. The third kappa shape index (κ3) is 2.95. The minimum atomic E-state index is -0.711. The molecule has 0 amide bonds. The zero-order valence-electron chi connectivity index (χ0n) is 11.7. The van der Waals surface area contributed by atoms with E-state index in [4.69, 9.17) is 0 Å². The van der Waals surface area contributed by atoms with E-state index in [1.165, 1.54) is 0 Å². The van der Waals surface area contributed by atoms with Crippen molar-refractivity contribution in [1.82, 2.24) is 9.88 Å². The summed E-state index contributed by atoms with van der Waals surface area (Å²) in [5.41, 5.74) is 2.19. The average molecular weight is 282 g/mol. The number of hydrogen-bond donors (Lipinski definition) is 1. The fourth-order valence-electron chi connectivity index (χ4n) is 3.11. The fourth-order valence-corrected chi connectivity index (χ4v) is 3.11. The van der Waals surface area contributed by atoms with Crippen molar-refractivity contribution in [3.05, 3.63) is 66.0 Å². The highest BCUT2D eigenvalue weighted by Gasteiger charge is 2.39. The first-order valence-corrected chi connectivity index (χ1v) is 7.16. The lowest BCUT2D eigenvalue weighted by molar-refractivity contribution is -0.142. The number of carboxylic acids is 1. The van der Waals surface area contributed by atoms with Crippen molar-refractivity contribution >= 4 is 5.97 Å². The molecule has 0 saturated carbocycles. The van der Waals surface area contributed by atoms with E-state index in [0.717, 1.165) is 24.2 Å². The van der Waals surface area contributed by atoms with Crippen LogP contribution >= 0.6 is 0 Å². The lowest BCUT2D eigenvalue weighted by Gasteiger charge is -2.27. The van der Waals surface area contributed by atoms with Crippen LogP contribution in [-0.4, -0.2) is 27.5 Å². The Labute approximate surface area is 124 Å². The van der Waals surface area contributed by atoms with Gasteiger partial charge in [-0.2, -0.15) is 0 Å². The van der Waals surface area contributed by atoms with Gasteiger partial charge in [0.1, 0.15) is 0 Å². The van der Waals surface area contributed by atoms with Crippen molar-refractivity contribution in [2.75, 3.05) is 6.54 Å². The summed E-state index contributed by atoms with van der Waals surface area (Å²) in [4.78, 5) is 17.9. The van der Waals surface area contributed by atoms with E-state index in [2.05, 4.69) is 9.88 Å². The highest BCUT2D eigenvalue weighted by atomic mass is 16.4. The van der Waals surface area contributed by atoms with Crippen LogP contribution in [0.25, 0.3) is 0 Å². The third-order valence-corrected chi connectivity index (χ3v) is 4.07. The highest BCUT2D eigenvalue weighted by molar-refractivity contribution is 5.71. The lowest BCUT2D eigenvalue weighted by Crippen LogP contribution is -2.28. The predicted octanol–water partition coefficient (Wildman–Crippen LogP) is 2.73. The van der Waals surface area contributed by atoms with E-state index in [1.807, 2.05) is 48.7 Å². The molecule has 0 aliphatic carbocycles. The van der Waals surface area contributed by atoms with Crippen molar-refractivity contribution in [3.63, 3.8) is 0 Å². The molecule has 1 aliphatic heterocycles. The number of carboxylic acid groups (broad SMARTS) is 1. The van der Waals surface area contributed by atoms with Gasteiger partial charge in [0.2, 0.25) is 0 Å². The Morgan fingerprint density at radius 2 is 2.05 bits per heavy atom. The van der Waals surface area contributed by atoms with Crippen LogP contribution < -0.4 is 0 Å². The van der Waals surface area contributed by atoms with Crippen LogP contribution in [0.5, 0.6) is 0 Å². The monoisotopic (exact) mass is 282 g/mol. The Morgan fingerprint density at radius 1 is 1.24 bits per heavy atom. The topological polar surface area (TPSA) is 53.4 Å². The van der Waals surface area contributed by atoms with Gasteiger partial charge in [0.25, 0.3) is 0 Å². The summed E-state index contributed by atoms with van der Waals surface area (Å²) in [6.07, 6.45) is 4.29. The van der Waals surface area contributed by atoms with Gasteiger partial charge in [-0.1, -0.05) is 36.4 Å². The Balaban J connectivity index is 1.87. The molecule has 1 N–H and O–H groups in total. The second-order valence-electron chi connectivity index (χ2n) is 5.42. The van der Waals surface area contributed by atoms with Gasteiger partial charge in [-0.25, -0.2) is 0 Å². The summed E-state index contributed by atoms with van der Waals surface area (Å²) in [5, 5.41) is 9.49. The molecule has 3 rings (SSSR count). The molecule has 1 fully saturated rings. The molecular weight excluding hydrogens is 264 g/mol. The predicted molar refractivity (Wildman–Crippen MR) is 79.6 cm³/mol. The molecule has 2 aromatic rings. The van der Waals surface area contributed by atoms with Gasteiger partial charge >= 0.3 is 5.97 Å². The SMILES string of the molecule is O=C(O)[C@@H]1CCN(Cc2cccnc2)[C@@H]1c1ccccc1. The van der Waals surface area contributed by atoms with Crippen LogP contribution in [0, 0.1) is 5.92 Å². The summed E-state index contributed by atoms with van der Waals surface area (Å²) >= 11 is 0. The number of likely N-dealkylation sites (tertiary alicyclic amines) is 1. The van der Waals surface area contributed by atoms with Crippen molar-refractivity contribution in [3.8, 4) is 0 Å². The van der Waals surface area contributed by atoms with Gasteiger partial charge < -0.3 is 5.11 Å². The number of nitrogens with zero attached hydrogens (tertiary/aromatic N) is 2. The minimum Gasteiger partial charge on any atom is -0.481 e. The number of aromatic nitrogens is 1. The van der Waals surface area contributed by atoms with Crippen LogP contribution in [0.4, 0.5) is 0 Å². The van der Waals surface area contributed by atoms with E-state index in [0.29, 0.717) is 6.42 Å². The largest absolute Gasteiger partial charge is 0.481 e. The molecular formula is C17H18N2O2. The molecule has 0 unspecified atom stereocenters. The molecule has 0 spiro atoms. The maximum absolute atomic E-state index is 11.5. The van der Waals surface area contributed by atoms with Crippen LogP contribution in [0.15, 0.2) is 54.9 Å². The van der Waals surface area contributed by atoms with Crippen molar-refractivity contribution in [1.29, 1.82) is 0 Å². The first-order chi connectivity index (χ1) is 10.3. The van der Waals surface area contributed by atoms with E-state index in [1.54, 1.807) is 6.20 Å². The molecule has 2 heterocycles. The first-order valence-electron chi connectivity index (χ1n) is 7.16. The van der Waals surface area contributed by atoms with Crippen LogP contribution in [-0.2, 0) is 11.3 Å². The van der Waals surface area contributed by atoms with Crippen molar-refractivity contribution in [2.45, 2.75) is 19.0 Å². The number of carbonyl (C=O) groups is 1. The number of aliphatic carboxylic acids is 1. The quantitative estimate of drug-likeness (QED) is 0.937. The zero-order chi connectivity index (χ0) is 14.7. The maximum Gasteiger partial charge on any atom is 0.308 e. The number of hydrogen-bond acceptors (Lipinski definition) is 3. The molecule has 21 heavy (non-hydrogen) atoms. The number of rotatable bonds is 4. The zero-order valence-corrected chi connectivity index (χ0v) is 11.7. The average Bonchev–Trinajstić information content (AvgIpc) is 2.93. The maximum atomic E-state index is 11.5. The summed E-state index contributed by atoms with van der Waals surface area (Å²) in [7, 11) is 0. The Bertz CT molecular complexity index is 601. The van der Waals surface area contributed by atoms with Crippen molar-refractivity contribution in [2.24, 2.45) is 5.92 Å². The van der Waals surface area contributed by atoms with Gasteiger partial charge in [0, 0.05) is 31.5 Å². The van der Waals surface area contributed by atoms with Crippen LogP contribution in [0.3, 0.4) is 0 Å². The molecule has 1 saturated heterocycles. The summed E-state index contributed by atoms with van der Waals surface area (Å²) in [6.45, 7) is 1.53. The van der Waals surface area contributed by atoms with E-state index < -0.39 is 5.97 Å². The fraction of sp³-hybridized carbons (Fsp3) is 0.294. The molecule has 1 aromatic heterocycles. The smallest absolute Gasteiger partial charge is 0.308 e. The Hall–Kier alpha value is -2.20. The van der Waals surface area contributed by atoms with E-state index in [9.17, 15) is 9.90 Å². The molecule has 2 atom stereocenters. The lowest BCUT2D eigenvalue weighted by atomic mass is 9.94. The molecule has 4 nitrogen and oxygen atoms in total. The minimum absolute atomic E-state index is 0.0658. The molecule has 1 aliphatic rings. The molecule has 0 bridgehead atoms. The van der Waals surface area contributed by atoms with Gasteiger partial charge in [0.05, 0.1) is 5.92 Å². The summed E-state index contributed by atoms with van der Waals surface area (Å²) < 4.78 is 0. The van der Waals surface area contributed by atoms with Gasteiger partial charge in [-0.3, -0.25) is 14.7 Å².